The first-order valence-corrected chi connectivity index (χ1v) is 5.31. The third-order valence-electron chi connectivity index (χ3n) is 2.39. The fraction of sp³-hybridized carbons (Fsp3) is 0.500. The summed E-state index contributed by atoms with van der Waals surface area (Å²) in [7, 11) is 0. The highest BCUT2D eigenvalue weighted by Crippen LogP contribution is 2.21. The van der Waals surface area contributed by atoms with E-state index in [-0.39, 0.29) is 6.04 Å². The Labute approximate surface area is 87.7 Å². The molecule has 13 heavy (non-hydrogen) atoms. The van der Waals surface area contributed by atoms with Crippen molar-refractivity contribution in [2.75, 3.05) is 0 Å². The Morgan fingerprint density at radius 3 is 2.69 bits per heavy atom. The van der Waals surface area contributed by atoms with Gasteiger partial charge in [0.05, 0.1) is 0 Å². The molecule has 2 atom stereocenters. The molecule has 0 aliphatic heterocycles. The second kappa shape index (κ2) is 4.72. The first-order chi connectivity index (χ1) is 6.15. The largest absolute Gasteiger partial charge is 0.324 e. The summed E-state index contributed by atoms with van der Waals surface area (Å²) in [5.41, 5.74) is 7.15. The van der Waals surface area contributed by atoms with Gasteiger partial charge in [-0.05, 0) is 33.5 Å². The molecule has 0 fully saturated rings. The molecule has 3 heteroatoms. The lowest BCUT2D eigenvalue weighted by Crippen LogP contribution is -2.18. The van der Waals surface area contributed by atoms with Gasteiger partial charge in [0.2, 0.25) is 0 Å². The van der Waals surface area contributed by atoms with Crippen LogP contribution in [0.4, 0.5) is 0 Å². The number of hydrogen-bond acceptors (Lipinski definition) is 2. The van der Waals surface area contributed by atoms with E-state index in [0.717, 1.165) is 16.6 Å². The summed E-state index contributed by atoms with van der Waals surface area (Å²) in [6.07, 6.45) is 2.93. The van der Waals surface area contributed by atoms with Crippen LogP contribution in [0.15, 0.2) is 22.9 Å². The van der Waals surface area contributed by atoms with Crippen LogP contribution in [-0.4, -0.2) is 4.98 Å². The molecular weight excluding hydrogens is 228 g/mol. The van der Waals surface area contributed by atoms with E-state index in [4.69, 9.17) is 5.73 Å². The smallest absolute Gasteiger partial charge is 0.106 e. The van der Waals surface area contributed by atoms with E-state index in [2.05, 4.69) is 34.8 Å². The molecule has 0 aliphatic carbocycles. The van der Waals surface area contributed by atoms with Crippen LogP contribution in [0.1, 0.15) is 31.9 Å². The van der Waals surface area contributed by atoms with Crippen molar-refractivity contribution in [2.45, 2.75) is 26.3 Å². The van der Waals surface area contributed by atoms with Crippen LogP contribution in [0, 0.1) is 5.92 Å². The average Bonchev–Trinajstić information content (AvgIpc) is 2.17. The SMILES string of the molecule is CCC(C)[C@@H](N)c1ccc(Br)nc1. The third kappa shape index (κ3) is 2.78. The fourth-order valence-electron chi connectivity index (χ4n) is 1.17. The number of aromatic nitrogens is 1. The molecule has 0 aromatic carbocycles. The predicted octanol–water partition coefficient (Wildman–Crippen LogP) is 2.89. The van der Waals surface area contributed by atoms with Crippen molar-refractivity contribution < 1.29 is 0 Å². The van der Waals surface area contributed by atoms with E-state index in [1.54, 1.807) is 0 Å². The fourth-order valence-corrected chi connectivity index (χ4v) is 1.40. The molecule has 72 valence electrons. The van der Waals surface area contributed by atoms with Gasteiger partial charge in [-0.15, -0.1) is 0 Å². The Kier molecular flexibility index (Phi) is 3.88. The summed E-state index contributed by atoms with van der Waals surface area (Å²) >= 11 is 3.30. The van der Waals surface area contributed by atoms with Crippen molar-refractivity contribution in [1.82, 2.24) is 4.98 Å². The van der Waals surface area contributed by atoms with Crippen LogP contribution in [0.3, 0.4) is 0 Å². The Balaban J connectivity index is 2.77. The van der Waals surface area contributed by atoms with Gasteiger partial charge < -0.3 is 5.73 Å². The Hall–Kier alpha value is -0.410. The zero-order chi connectivity index (χ0) is 9.84. The summed E-state index contributed by atoms with van der Waals surface area (Å²) in [6.45, 7) is 4.31. The highest BCUT2D eigenvalue weighted by molar-refractivity contribution is 9.10. The maximum absolute atomic E-state index is 6.04. The lowest BCUT2D eigenvalue weighted by Gasteiger charge is -2.17. The van der Waals surface area contributed by atoms with E-state index in [9.17, 15) is 0 Å². The van der Waals surface area contributed by atoms with Gasteiger partial charge in [0.1, 0.15) is 4.60 Å². The maximum atomic E-state index is 6.04. The van der Waals surface area contributed by atoms with Crippen molar-refractivity contribution in [3.05, 3.63) is 28.5 Å². The first kappa shape index (κ1) is 10.7. The summed E-state index contributed by atoms with van der Waals surface area (Å²) in [5, 5.41) is 0. The van der Waals surface area contributed by atoms with Crippen molar-refractivity contribution in [1.29, 1.82) is 0 Å². The van der Waals surface area contributed by atoms with Gasteiger partial charge in [0.25, 0.3) is 0 Å². The van der Waals surface area contributed by atoms with Crippen LogP contribution in [0.25, 0.3) is 0 Å². The monoisotopic (exact) mass is 242 g/mol. The highest BCUT2D eigenvalue weighted by Gasteiger charge is 2.12. The van der Waals surface area contributed by atoms with Gasteiger partial charge in [-0.1, -0.05) is 26.3 Å². The third-order valence-corrected chi connectivity index (χ3v) is 2.86. The van der Waals surface area contributed by atoms with Crippen LogP contribution < -0.4 is 5.73 Å². The number of pyridine rings is 1. The van der Waals surface area contributed by atoms with Crippen molar-refractivity contribution in [2.24, 2.45) is 11.7 Å². The molecule has 0 saturated carbocycles. The summed E-state index contributed by atoms with van der Waals surface area (Å²) in [4.78, 5) is 4.15. The zero-order valence-electron chi connectivity index (χ0n) is 8.00. The molecule has 1 unspecified atom stereocenters. The Bertz CT molecular complexity index is 258. The molecule has 0 radical (unpaired) electrons. The number of rotatable bonds is 3. The lowest BCUT2D eigenvalue weighted by atomic mass is 9.95. The minimum atomic E-state index is 0.102. The van der Waals surface area contributed by atoms with E-state index in [1.165, 1.54) is 0 Å². The van der Waals surface area contributed by atoms with Crippen molar-refractivity contribution >= 4 is 15.9 Å². The molecule has 2 nitrogen and oxygen atoms in total. The number of halogens is 1. The second-order valence-electron chi connectivity index (χ2n) is 3.33. The zero-order valence-corrected chi connectivity index (χ0v) is 9.58. The van der Waals surface area contributed by atoms with Crippen LogP contribution >= 0.6 is 15.9 Å². The quantitative estimate of drug-likeness (QED) is 0.829. The lowest BCUT2D eigenvalue weighted by molar-refractivity contribution is 0.456. The van der Waals surface area contributed by atoms with Gasteiger partial charge in [0.15, 0.2) is 0 Å². The van der Waals surface area contributed by atoms with Gasteiger partial charge in [0, 0.05) is 12.2 Å². The summed E-state index contributed by atoms with van der Waals surface area (Å²) in [5.74, 6) is 0.503. The molecule has 2 N–H and O–H groups in total. The predicted molar refractivity (Wildman–Crippen MR) is 58.3 cm³/mol. The molecule has 0 aliphatic rings. The molecular formula is C10H15BrN2. The van der Waals surface area contributed by atoms with Gasteiger partial charge in [-0.25, -0.2) is 4.98 Å². The molecule has 0 spiro atoms. The molecule has 1 rings (SSSR count). The van der Waals surface area contributed by atoms with E-state index in [0.29, 0.717) is 5.92 Å². The minimum Gasteiger partial charge on any atom is -0.324 e. The standard InChI is InChI=1S/C10H15BrN2/c1-3-7(2)10(12)8-4-5-9(11)13-6-8/h4-7,10H,3,12H2,1-2H3/t7?,10-/m1/s1. The Morgan fingerprint density at radius 2 is 2.23 bits per heavy atom. The van der Waals surface area contributed by atoms with Gasteiger partial charge >= 0.3 is 0 Å². The molecule has 0 saturated heterocycles. The number of nitrogens with two attached hydrogens (primary N) is 1. The second-order valence-corrected chi connectivity index (χ2v) is 4.14. The Morgan fingerprint density at radius 1 is 1.54 bits per heavy atom. The van der Waals surface area contributed by atoms with Crippen LogP contribution in [0.2, 0.25) is 0 Å². The first-order valence-electron chi connectivity index (χ1n) is 4.52. The summed E-state index contributed by atoms with van der Waals surface area (Å²) < 4.78 is 0.854. The van der Waals surface area contributed by atoms with Crippen LogP contribution in [0.5, 0.6) is 0 Å². The van der Waals surface area contributed by atoms with Crippen molar-refractivity contribution in [3.63, 3.8) is 0 Å². The molecule has 1 heterocycles. The minimum absolute atomic E-state index is 0.102. The molecule has 1 aromatic heterocycles. The molecule has 0 amide bonds. The van der Waals surface area contributed by atoms with Crippen LogP contribution in [-0.2, 0) is 0 Å². The normalized spacial score (nSPS) is 15.4. The maximum Gasteiger partial charge on any atom is 0.106 e. The van der Waals surface area contributed by atoms with E-state index in [1.807, 2.05) is 18.3 Å². The molecule has 1 aromatic rings. The topological polar surface area (TPSA) is 38.9 Å². The molecule has 0 bridgehead atoms. The van der Waals surface area contributed by atoms with Crippen molar-refractivity contribution in [3.8, 4) is 0 Å². The number of hydrogen-bond donors (Lipinski definition) is 1. The number of nitrogens with zero attached hydrogens (tertiary/aromatic N) is 1. The van der Waals surface area contributed by atoms with E-state index < -0.39 is 0 Å². The van der Waals surface area contributed by atoms with Gasteiger partial charge in [-0.2, -0.15) is 0 Å². The highest BCUT2D eigenvalue weighted by atomic mass is 79.9. The van der Waals surface area contributed by atoms with E-state index >= 15 is 0 Å². The van der Waals surface area contributed by atoms with Gasteiger partial charge in [-0.3, -0.25) is 0 Å². The summed E-state index contributed by atoms with van der Waals surface area (Å²) in [6, 6.07) is 4.05. The average molecular weight is 243 g/mol.